The molecule has 0 saturated heterocycles. The second kappa shape index (κ2) is 7.89. The molecule has 1 aliphatic rings. The molecule has 28 heavy (non-hydrogen) atoms. The van der Waals surface area contributed by atoms with Gasteiger partial charge in [0.1, 0.15) is 5.82 Å². The van der Waals surface area contributed by atoms with Gasteiger partial charge in [-0.1, -0.05) is 54.9 Å². The highest BCUT2D eigenvalue weighted by Crippen LogP contribution is 2.33. The lowest BCUT2D eigenvalue weighted by molar-refractivity contribution is -0.117. The summed E-state index contributed by atoms with van der Waals surface area (Å²) in [5, 5.41) is 8.26. The summed E-state index contributed by atoms with van der Waals surface area (Å²) < 4.78 is 13.7. The summed E-state index contributed by atoms with van der Waals surface area (Å²) in [7, 11) is -0.984. The largest absolute Gasteiger partial charge is 0.310 e. The maximum Gasteiger partial charge on any atom is 0.233 e. The maximum atomic E-state index is 13.1. The van der Waals surface area contributed by atoms with Crippen molar-refractivity contribution < 1.29 is 9.00 Å². The van der Waals surface area contributed by atoms with E-state index in [1.165, 1.54) is 0 Å². The molecule has 4 rings (SSSR count). The molecule has 0 fully saturated rings. The summed E-state index contributed by atoms with van der Waals surface area (Å²) >= 11 is 6.15. The van der Waals surface area contributed by atoms with Gasteiger partial charge in [0, 0.05) is 21.4 Å². The SMILES string of the molecule is CC[C@@H](C(=O)Nc1c2c(nn1-c1cccc(Cl)c1)C[S@](=O)C2)c1ccccc1. The first-order valence-corrected chi connectivity index (χ1v) is 11.0. The number of hydrogen-bond donors (Lipinski definition) is 1. The lowest BCUT2D eigenvalue weighted by Gasteiger charge is -2.17. The molecule has 1 amide bonds. The molecule has 0 saturated carbocycles. The minimum Gasteiger partial charge on any atom is -0.310 e. The van der Waals surface area contributed by atoms with Gasteiger partial charge in [0.2, 0.25) is 5.91 Å². The molecule has 1 aromatic heterocycles. The number of carbonyl (C=O) groups excluding carboxylic acids is 1. The monoisotopic (exact) mass is 413 g/mol. The van der Waals surface area contributed by atoms with Crippen molar-refractivity contribution in [2.75, 3.05) is 5.32 Å². The van der Waals surface area contributed by atoms with Crippen molar-refractivity contribution in [2.45, 2.75) is 30.8 Å². The Balaban J connectivity index is 1.72. The highest BCUT2D eigenvalue weighted by Gasteiger charge is 2.30. The Hall–Kier alpha value is -2.44. The smallest absolute Gasteiger partial charge is 0.233 e. The number of benzene rings is 2. The number of amides is 1. The Morgan fingerprint density at radius 1 is 1.21 bits per heavy atom. The van der Waals surface area contributed by atoms with Gasteiger partial charge in [0.15, 0.2) is 0 Å². The Kier molecular flexibility index (Phi) is 5.33. The van der Waals surface area contributed by atoms with Crippen LogP contribution in [0.3, 0.4) is 0 Å². The van der Waals surface area contributed by atoms with Gasteiger partial charge in [-0.05, 0) is 30.2 Å². The maximum absolute atomic E-state index is 13.1. The quantitative estimate of drug-likeness (QED) is 0.673. The second-order valence-corrected chi connectivity index (χ2v) is 8.65. The van der Waals surface area contributed by atoms with Crippen LogP contribution in [0.2, 0.25) is 5.02 Å². The number of hydrogen-bond acceptors (Lipinski definition) is 3. The average molecular weight is 414 g/mol. The van der Waals surface area contributed by atoms with E-state index < -0.39 is 10.8 Å². The van der Waals surface area contributed by atoms with Crippen molar-refractivity contribution in [2.24, 2.45) is 0 Å². The summed E-state index contributed by atoms with van der Waals surface area (Å²) in [6.45, 7) is 1.99. The highest BCUT2D eigenvalue weighted by atomic mass is 35.5. The van der Waals surface area contributed by atoms with Crippen molar-refractivity contribution in [3.63, 3.8) is 0 Å². The fraction of sp³-hybridized carbons (Fsp3) is 0.238. The van der Waals surface area contributed by atoms with Crippen LogP contribution < -0.4 is 5.32 Å². The van der Waals surface area contributed by atoms with E-state index in [-0.39, 0.29) is 11.8 Å². The zero-order valence-electron chi connectivity index (χ0n) is 15.4. The van der Waals surface area contributed by atoms with Crippen molar-refractivity contribution in [1.29, 1.82) is 0 Å². The molecule has 5 nitrogen and oxygen atoms in total. The molecule has 0 aliphatic carbocycles. The van der Waals surface area contributed by atoms with Crippen LogP contribution in [-0.2, 0) is 27.1 Å². The standard InChI is InChI=1S/C21H20ClN3O2S/c1-2-17(14-7-4-3-5-8-14)21(26)23-20-18-12-28(27)13-19(18)24-25(20)16-10-6-9-15(22)11-16/h3-11,17H,2,12-13H2,1H3,(H,23,26)/t17-,28-/m1/s1. The number of nitrogens with zero attached hydrogens (tertiary/aromatic N) is 2. The van der Waals surface area contributed by atoms with Crippen molar-refractivity contribution in [3.05, 3.63) is 76.4 Å². The Labute approximate surface area is 171 Å². The molecule has 0 bridgehead atoms. The minimum atomic E-state index is -0.984. The normalized spacial score (nSPS) is 16.6. The lowest BCUT2D eigenvalue weighted by Crippen LogP contribution is -2.23. The Bertz CT molecular complexity index is 1050. The van der Waals surface area contributed by atoms with E-state index in [0.717, 1.165) is 22.5 Å². The van der Waals surface area contributed by atoms with Crippen molar-refractivity contribution in [3.8, 4) is 5.69 Å². The number of halogens is 1. The number of aromatic nitrogens is 2. The third-order valence-corrected chi connectivity index (χ3v) is 6.33. The van der Waals surface area contributed by atoms with E-state index in [1.54, 1.807) is 16.8 Å². The predicted octanol–water partition coefficient (Wildman–Crippen LogP) is 4.42. The summed E-state index contributed by atoms with van der Waals surface area (Å²) in [5.74, 6) is 1.02. The van der Waals surface area contributed by atoms with Crippen LogP contribution in [0.25, 0.3) is 5.69 Å². The van der Waals surface area contributed by atoms with Crippen LogP contribution in [0.1, 0.15) is 36.1 Å². The molecule has 1 N–H and O–H groups in total. The molecule has 144 valence electrons. The molecule has 7 heteroatoms. The predicted molar refractivity (Wildman–Crippen MR) is 112 cm³/mol. The van der Waals surface area contributed by atoms with E-state index in [4.69, 9.17) is 11.6 Å². The minimum absolute atomic E-state index is 0.0997. The fourth-order valence-electron chi connectivity index (χ4n) is 3.51. The third-order valence-electron chi connectivity index (χ3n) is 4.89. The average Bonchev–Trinajstić information content (AvgIpc) is 3.20. The van der Waals surface area contributed by atoms with Crippen LogP contribution in [0.5, 0.6) is 0 Å². The summed E-state index contributed by atoms with van der Waals surface area (Å²) in [6, 6.07) is 17.0. The highest BCUT2D eigenvalue weighted by molar-refractivity contribution is 7.83. The van der Waals surface area contributed by atoms with Gasteiger partial charge in [-0.25, -0.2) is 4.68 Å². The van der Waals surface area contributed by atoms with Crippen LogP contribution in [0, 0.1) is 0 Å². The lowest BCUT2D eigenvalue weighted by atomic mass is 9.95. The van der Waals surface area contributed by atoms with Gasteiger partial charge in [-0.2, -0.15) is 5.10 Å². The molecule has 3 aromatic rings. The zero-order valence-corrected chi connectivity index (χ0v) is 17.0. The summed E-state index contributed by atoms with van der Waals surface area (Å²) in [6.07, 6.45) is 0.676. The Morgan fingerprint density at radius 3 is 2.71 bits per heavy atom. The summed E-state index contributed by atoms with van der Waals surface area (Å²) in [4.78, 5) is 13.1. The van der Waals surface area contributed by atoms with E-state index in [9.17, 15) is 9.00 Å². The molecular formula is C21H20ClN3O2S. The van der Waals surface area contributed by atoms with Crippen LogP contribution >= 0.6 is 11.6 Å². The van der Waals surface area contributed by atoms with E-state index in [1.807, 2.05) is 49.4 Å². The fourth-order valence-corrected chi connectivity index (χ4v) is 4.96. The third kappa shape index (κ3) is 3.62. The number of nitrogens with one attached hydrogen (secondary N) is 1. The molecule has 0 radical (unpaired) electrons. The topological polar surface area (TPSA) is 64.0 Å². The number of rotatable bonds is 5. The number of anilines is 1. The van der Waals surface area contributed by atoms with Crippen LogP contribution in [-0.4, -0.2) is 19.9 Å². The van der Waals surface area contributed by atoms with Gasteiger partial charge in [0.05, 0.1) is 28.8 Å². The Morgan fingerprint density at radius 2 is 2.00 bits per heavy atom. The van der Waals surface area contributed by atoms with Gasteiger partial charge in [0.25, 0.3) is 0 Å². The molecule has 1 aliphatic heterocycles. The molecule has 2 aromatic carbocycles. The van der Waals surface area contributed by atoms with Gasteiger partial charge in [-0.3, -0.25) is 9.00 Å². The van der Waals surface area contributed by atoms with Gasteiger partial charge in [-0.15, -0.1) is 0 Å². The number of carbonyl (C=O) groups is 1. The van der Waals surface area contributed by atoms with Crippen LogP contribution in [0.15, 0.2) is 54.6 Å². The summed E-state index contributed by atoms with van der Waals surface area (Å²) in [5.41, 5.74) is 3.34. The second-order valence-electron chi connectivity index (χ2n) is 6.75. The van der Waals surface area contributed by atoms with Gasteiger partial charge >= 0.3 is 0 Å². The molecule has 2 heterocycles. The van der Waals surface area contributed by atoms with Crippen molar-refractivity contribution in [1.82, 2.24) is 9.78 Å². The first kappa shape index (κ1) is 18.9. The molecule has 0 spiro atoms. The van der Waals surface area contributed by atoms with E-state index in [0.29, 0.717) is 28.8 Å². The zero-order chi connectivity index (χ0) is 19.7. The van der Waals surface area contributed by atoms with E-state index >= 15 is 0 Å². The van der Waals surface area contributed by atoms with Gasteiger partial charge < -0.3 is 5.32 Å². The first-order valence-electron chi connectivity index (χ1n) is 9.14. The number of fused-ring (bicyclic) bond motifs is 1. The van der Waals surface area contributed by atoms with E-state index in [2.05, 4.69) is 10.4 Å². The molecule has 0 unspecified atom stereocenters. The van der Waals surface area contributed by atoms with Crippen LogP contribution in [0.4, 0.5) is 5.82 Å². The molecular weight excluding hydrogens is 394 g/mol. The molecule has 2 atom stereocenters. The van der Waals surface area contributed by atoms with Crippen molar-refractivity contribution >= 4 is 34.1 Å². The first-order chi connectivity index (χ1) is 13.6.